The van der Waals surface area contributed by atoms with Gasteiger partial charge < -0.3 is 9.64 Å². The minimum atomic E-state index is 0.749. The van der Waals surface area contributed by atoms with E-state index in [1.807, 2.05) is 12.4 Å². The van der Waals surface area contributed by atoms with Crippen LogP contribution < -0.4 is 4.90 Å². The van der Waals surface area contributed by atoms with Crippen molar-refractivity contribution in [3.05, 3.63) is 48.4 Å². The molecular formula is C17H18N4O. The fourth-order valence-electron chi connectivity index (χ4n) is 2.84. The van der Waals surface area contributed by atoms with E-state index in [1.54, 1.807) is 6.20 Å². The Hall–Kier alpha value is -2.40. The van der Waals surface area contributed by atoms with E-state index in [-0.39, 0.29) is 0 Å². The van der Waals surface area contributed by atoms with Crippen LogP contribution >= 0.6 is 0 Å². The highest BCUT2D eigenvalue weighted by molar-refractivity contribution is 5.75. The van der Waals surface area contributed by atoms with Crippen LogP contribution in [-0.2, 0) is 4.74 Å². The maximum atomic E-state index is 5.45. The molecular weight excluding hydrogens is 276 g/mol. The van der Waals surface area contributed by atoms with Crippen molar-refractivity contribution >= 4 is 11.3 Å². The number of rotatable bonds is 2. The van der Waals surface area contributed by atoms with Crippen LogP contribution in [0.5, 0.6) is 0 Å². The van der Waals surface area contributed by atoms with Gasteiger partial charge in [-0.15, -0.1) is 0 Å². The van der Waals surface area contributed by atoms with Crippen molar-refractivity contribution in [3.8, 4) is 11.4 Å². The molecule has 5 nitrogen and oxygen atoms in total. The van der Waals surface area contributed by atoms with Crippen LogP contribution in [-0.4, -0.2) is 40.7 Å². The highest BCUT2D eigenvalue weighted by Gasteiger charge is 2.19. The molecule has 22 heavy (non-hydrogen) atoms. The second-order valence-electron chi connectivity index (χ2n) is 5.56. The zero-order valence-electron chi connectivity index (χ0n) is 12.6. The molecule has 0 atom stereocenters. The third-order valence-electron chi connectivity index (χ3n) is 4.05. The third-order valence-corrected chi connectivity index (χ3v) is 4.05. The van der Waals surface area contributed by atoms with Gasteiger partial charge in [-0.3, -0.25) is 9.38 Å². The highest BCUT2D eigenvalue weighted by Crippen LogP contribution is 2.28. The van der Waals surface area contributed by atoms with Crippen LogP contribution in [0.4, 0.5) is 5.82 Å². The first-order chi connectivity index (χ1) is 10.8. The number of hydrogen-bond acceptors (Lipinski definition) is 4. The van der Waals surface area contributed by atoms with Crippen molar-refractivity contribution in [1.82, 2.24) is 14.4 Å². The van der Waals surface area contributed by atoms with E-state index in [0.29, 0.717) is 0 Å². The molecule has 2 aromatic heterocycles. The minimum absolute atomic E-state index is 0.749. The summed E-state index contributed by atoms with van der Waals surface area (Å²) in [5.41, 5.74) is 3.41. The van der Waals surface area contributed by atoms with E-state index in [1.165, 1.54) is 5.56 Å². The Kier molecular flexibility index (Phi) is 3.27. The van der Waals surface area contributed by atoms with Gasteiger partial charge in [0, 0.05) is 31.0 Å². The molecule has 0 amide bonds. The van der Waals surface area contributed by atoms with Crippen molar-refractivity contribution in [1.29, 1.82) is 0 Å². The minimum Gasteiger partial charge on any atom is -0.378 e. The number of nitrogens with zero attached hydrogens (tertiary/aromatic N) is 4. The van der Waals surface area contributed by atoms with Gasteiger partial charge in [-0.2, -0.15) is 0 Å². The zero-order chi connectivity index (χ0) is 14.9. The molecule has 4 rings (SSSR count). The second-order valence-corrected chi connectivity index (χ2v) is 5.56. The Morgan fingerprint density at radius 3 is 2.64 bits per heavy atom. The molecule has 1 fully saturated rings. The summed E-state index contributed by atoms with van der Waals surface area (Å²) < 4.78 is 7.56. The lowest BCUT2D eigenvalue weighted by atomic mass is 10.1. The van der Waals surface area contributed by atoms with Crippen molar-refractivity contribution < 1.29 is 4.74 Å². The summed E-state index contributed by atoms with van der Waals surface area (Å²) in [4.78, 5) is 11.5. The van der Waals surface area contributed by atoms with Gasteiger partial charge in [0.05, 0.1) is 19.4 Å². The molecule has 3 heterocycles. The molecule has 3 aromatic rings. The average Bonchev–Trinajstić information content (AvgIpc) is 2.96. The molecule has 0 saturated carbocycles. The predicted molar refractivity (Wildman–Crippen MR) is 86.2 cm³/mol. The molecule has 1 aliphatic heterocycles. The molecule has 1 saturated heterocycles. The Morgan fingerprint density at radius 1 is 1.09 bits per heavy atom. The van der Waals surface area contributed by atoms with Gasteiger partial charge in [-0.25, -0.2) is 4.98 Å². The number of anilines is 1. The van der Waals surface area contributed by atoms with Crippen LogP contribution in [0.3, 0.4) is 0 Å². The molecule has 0 bridgehead atoms. The van der Waals surface area contributed by atoms with Gasteiger partial charge in [0.15, 0.2) is 5.82 Å². The average molecular weight is 294 g/mol. The number of aromatic nitrogens is 3. The lowest BCUT2D eigenvalue weighted by Crippen LogP contribution is -2.36. The summed E-state index contributed by atoms with van der Waals surface area (Å²) in [5.74, 6) is 1.95. The predicted octanol–water partition coefficient (Wildman–Crippen LogP) is 2.54. The highest BCUT2D eigenvalue weighted by atomic mass is 16.5. The SMILES string of the molecule is Cc1ccc(-c2nc(N3CCOCC3)c3cnccn23)cc1. The first-order valence-corrected chi connectivity index (χ1v) is 7.55. The summed E-state index contributed by atoms with van der Waals surface area (Å²) >= 11 is 0. The topological polar surface area (TPSA) is 42.7 Å². The van der Waals surface area contributed by atoms with Gasteiger partial charge in [0.25, 0.3) is 0 Å². The van der Waals surface area contributed by atoms with Crippen LogP contribution in [0.1, 0.15) is 5.56 Å². The molecule has 0 unspecified atom stereocenters. The summed E-state index contributed by atoms with van der Waals surface area (Å²) in [6.07, 6.45) is 5.66. The maximum absolute atomic E-state index is 5.45. The van der Waals surface area contributed by atoms with Gasteiger partial charge in [0.1, 0.15) is 11.3 Å². The molecule has 0 radical (unpaired) electrons. The van der Waals surface area contributed by atoms with E-state index in [4.69, 9.17) is 9.72 Å². The van der Waals surface area contributed by atoms with E-state index >= 15 is 0 Å². The van der Waals surface area contributed by atoms with E-state index < -0.39 is 0 Å². The Labute approximate surface area is 129 Å². The second kappa shape index (κ2) is 5.42. The molecule has 5 heteroatoms. The quantitative estimate of drug-likeness (QED) is 0.728. The fraction of sp³-hybridized carbons (Fsp3) is 0.294. The summed E-state index contributed by atoms with van der Waals surface area (Å²) in [6.45, 7) is 5.33. The first-order valence-electron chi connectivity index (χ1n) is 7.55. The molecule has 0 N–H and O–H groups in total. The normalized spacial score (nSPS) is 15.4. The molecule has 0 spiro atoms. The number of benzene rings is 1. The van der Waals surface area contributed by atoms with Crippen LogP contribution in [0, 0.1) is 6.92 Å². The van der Waals surface area contributed by atoms with E-state index in [0.717, 1.165) is 49.0 Å². The first kappa shape index (κ1) is 13.3. The van der Waals surface area contributed by atoms with Crippen LogP contribution in [0.25, 0.3) is 16.9 Å². The monoisotopic (exact) mass is 294 g/mol. The Morgan fingerprint density at radius 2 is 1.86 bits per heavy atom. The smallest absolute Gasteiger partial charge is 0.157 e. The van der Waals surface area contributed by atoms with Crippen LogP contribution in [0.15, 0.2) is 42.9 Å². The van der Waals surface area contributed by atoms with Crippen molar-refractivity contribution in [2.75, 3.05) is 31.2 Å². The van der Waals surface area contributed by atoms with Gasteiger partial charge in [-0.1, -0.05) is 29.8 Å². The lowest BCUT2D eigenvalue weighted by molar-refractivity contribution is 0.122. The number of hydrogen-bond donors (Lipinski definition) is 0. The maximum Gasteiger partial charge on any atom is 0.157 e. The standard InChI is InChI=1S/C17H18N4O/c1-13-2-4-14(5-3-13)16-19-17(20-8-10-22-11-9-20)15-12-18-6-7-21(15)16/h2-7,12H,8-11H2,1H3. The summed E-state index contributed by atoms with van der Waals surface area (Å²) in [6, 6.07) is 8.47. The fourth-order valence-corrected chi connectivity index (χ4v) is 2.84. The zero-order valence-corrected chi connectivity index (χ0v) is 12.6. The van der Waals surface area contributed by atoms with Crippen LogP contribution in [0.2, 0.25) is 0 Å². The number of imidazole rings is 1. The molecule has 1 aromatic carbocycles. The number of fused-ring (bicyclic) bond motifs is 1. The molecule has 1 aliphatic rings. The van der Waals surface area contributed by atoms with Crippen molar-refractivity contribution in [3.63, 3.8) is 0 Å². The Bertz CT molecular complexity index is 788. The lowest BCUT2D eigenvalue weighted by Gasteiger charge is -2.26. The van der Waals surface area contributed by atoms with Gasteiger partial charge >= 0.3 is 0 Å². The van der Waals surface area contributed by atoms with E-state index in [9.17, 15) is 0 Å². The number of aryl methyl sites for hydroxylation is 1. The summed E-state index contributed by atoms with van der Waals surface area (Å²) in [7, 11) is 0. The summed E-state index contributed by atoms with van der Waals surface area (Å²) in [5, 5.41) is 0. The van der Waals surface area contributed by atoms with Gasteiger partial charge in [-0.05, 0) is 6.92 Å². The third kappa shape index (κ3) is 2.23. The number of morpholine rings is 1. The molecule has 0 aliphatic carbocycles. The van der Waals surface area contributed by atoms with Crippen molar-refractivity contribution in [2.24, 2.45) is 0 Å². The Balaban J connectivity index is 1.86. The molecule has 112 valence electrons. The largest absolute Gasteiger partial charge is 0.378 e. The van der Waals surface area contributed by atoms with E-state index in [2.05, 4.69) is 45.5 Å². The van der Waals surface area contributed by atoms with Gasteiger partial charge in [0.2, 0.25) is 0 Å². The van der Waals surface area contributed by atoms with Crippen molar-refractivity contribution in [2.45, 2.75) is 6.92 Å². The number of ether oxygens (including phenoxy) is 1.